The van der Waals surface area contributed by atoms with Crippen LogP contribution in [0.15, 0.2) is 18.2 Å². The molecular weight excluding hydrogens is 277 g/mol. The Morgan fingerprint density at radius 2 is 1.95 bits per heavy atom. The SMILES string of the molecule is COc1ccc(F)cc1C(=O)CC(N)C(=O)OC(C)(C)C. The Morgan fingerprint density at radius 3 is 2.48 bits per heavy atom. The summed E-state index contributed by atoms with van der Waals surface area (Å²) < 4.78 is 23.3. The largest absolute Gasteiger partial charge is 0.496 e. The number of esters is 1. The van der Waals surface area contributed by atoms with Gasteiger partial charge in [0.1, 0.15) is 23.2 Å². The molecule has 0 aliphatic carbocycles. The molecule has 0 aliphatic heterocycles. The van der Waals surface area contributed by atoms with Crippen LogP contribution in [-0.2, 0) is 9.53 Å². The Morgan fingerprint density at radius 1 is 1.33 bits per heavy atom. The second-order valence-electron chi connectivity index (χ2n) is 5.61. The molecule has 0 aliphatic rings. The summed E-state index contributed by atoms with van der Waals surface area (Å²) in [6.45, 7) is 5.11. The first-order chi connectivity index (χ1) is 9.64. The minimum atomic E-state index is -1.11. The van der Waals surface area contributed by atoms with E-state index in [1.807, 2.05) is 0 Å². The fourth-order valence-corrected chi connectivity index (χ4v) is 1.67. The van der Waals surface area contributed by atoms with Crippen LogP contribution in [0.4, 0.5) is 4.39 Å². The number of benzene rings is 1. The fraction of sp³-hybridized carbons (Fsp3) is 0.467. The zero-order valence-corrected chi connectivity index (χ0v) is 12.6. The van der Waals surface area contributed by atoms with E-state index in [2.05, 4.69) is 0 Å². The molecule has 1 aromatic carbocycles. The van der Waals surface area contributed by atoms with Crippen molar-refractivity contribution in [2.45, 2.75) is 38.8 Å². The summed E-state index contributed by atoms with van der Waals surface area (Å²) in [6.07, 6.45) is -0.283. The van der Waals surface area contributed by atoms with Gasteiger partial charge in [0.2, 0.25) is 0 Å². The first-order valence-electron chi connectivity index (χ1n) is 6.49. The molecular formula is C15H20FNO4. The van der Waals surface area contributed by atoms with E-state index < -0.39 is 29.2 Å². The van der Waals surface area contributed by atoms with E-state index in [9.17, 15) is 14.0 Å². The molecule has 1 atom stereocenters. The molecule has 21 heavy (non-hydrogen) atoms. The summed E-state index contributed by atoms with van der Waals surface area (Å²) in [4.78, 5) is 23.9. The van der Waals surface area contributed by atoms with Crippen LogP contribution in [0.25, 0.3) is 0 Å². The lowest BCUT2D eigenvalue weighted by atomic mass is 10.0. The zero-order chi connectivity index (χ0) is 16.2. The second kappa shape index (κ2) is 6.67. The van der Waals surface area contributed by atoms with Crippen molar-refractivity contribution >= 4 is 11.8 Å². The van der Waals surface area contributed by atoms with Gasteiger partial charge in [-0.3, -0.25) is 9.59 Å². The third kappa shape index (κ3) is 5.15. The highest BCUT2D eigenvalue weighted by molar-refractivity contribution is 6.01. The number of hydrogen-bond acceptors (Lipinski definition) is 5. The number of carbonyl (C=O) groups excluding carboxylic acids is 2. The zero-order valence-electron chi connectivity index (χ0n) is 12.6. The minimum absolute atomic E-state index is 0.0523. The lowest BCUT2D eigenvalue weighted by Crippen LogP contribution is -2.38. The van der Waals surface area contributed by atoms with Crippen LogP contribution in [0.5, 0.6) is 5.75 Å². The topological polar surface area (TPSA) is 78.6 Å². The predicted molar refractivity (Wildman–Crippen MR) is 75.7 cm³/mol. The number of carbonyl (C=O) groups is 2. The van der Waals surface area contributed by atoms with E-state index in [0.717, 1.165) is 6.07 Å². The van der Waals surface area contributed by atoms with Gasteiger partial charge in [-0.25, -0.2) is 4.39 Å². The molecule has 1 rings (SSSR count). The Bertz CT molecular complexity index is 537. The standard InChI is InChI=1S/C15H20FNO4/c1-15(2,3)21-14(19)11(17)8-12(18)10-7-9(16)5-6-13(10)20-4/h5-7,11H,8,17H2,1-4H3. The van der Waals surface area contributed by atoms with Gasteiger partial charge < -0.3 is 15.2 Å². The number of Topliss-reactive ketones (excluding diaryl/α,β-unsaturated/α-hetero) is 1. The van der Waals surface area contributed by atoms with Crippen molar-refractivity contribution in [3.05, 3.63) is 29.6 Å². The normalized spacial score (nSPS) is 12.7. The van der Waals surface area contributed by atoms with Crippen molar-refractivity contribution < 1.29 is 23.5 Å². The summed E-state index contributed by atoms with van der Waals surface area (Å²) in [7, 11) is 1.37. The molecule has 5 nitrogen and oxygen atoms in total. The Hall–Kier alpha value is -1.95. The van der Waals surface area contributed by atoms with Gasteiger partial charge in [0.05, 0.1) is 12.7 Å². The highest BCUT2D eigenvalue weighted by Crippen LogP contribution is 2.21. The van der Waals surface area contributed by atoms with Gasteiger partial charge >= 0.3 is 5.97 Å². The number of ether oxygens (including phenoxy) is 2. The molecule has 0 saturated carbocycles. The number of hydrogen-bond donors (Lipinski definition) is 1. The third-order valence-corrected chi connectivity index (χ3v) is 2.58. The lowest BCUT2D eigenvalue weighted by molar-refractivity contribution is -0.156. The average Bonchev–Trinajstić information content (AvgIpc) is 2.36. The Balaban J connectivity index is 2.81. The Kier molecular flexibility index (Phi) is 5.43. The molecule has 2 N–H and O–H groups in total. The maximum Gasteiger partial charge on any atom is 0.323 e. The fourth-order valence-electron chi connectivity index (χ4n) is 1.67. The van der Waals surface area contributed by atoms with Gasteiger partial charge in [-0.2, -0.15) is 0 Å². The molecule has 1 aromatic rings. The van der Waals surface area contributed by atoms with Crippen molar-refractivity contribution in [1.29, 1.82) is 0 Å². The van der Waals surface area contributed by atoms with Crippen molar-refractivity contribution in [2.75, 3.05) is 7.11 Å². The number of ketones is 1. The summed E-state index contributed by atoms with van der Waals surface area (Å²) in [5.41, 5.74) is 5.03. The van der Waals surface area contributed by atoms with Gasteiger partial charge in [-0.1, -0.05) is 0 Å². The molecule has 0 amide bonds. The summed E-state index contributed by atoms with van der Waals surface area (Å²) >= 11 is 0. The Labute approximate surface area is 123 Å². The predicted octanol–water partition coefficient (Wildman–Crippen LogP) is 2.08. The van der Waals surface area contributed by atoms with Gasteiger partial charge in [0.15, 0.2) is 5.78 Å². The van der Waals surface area contributed by atoms with Crippen molar-refractivity contribution in [2.24, 2.45) is 5.73 Å². The van der Waals surface area contributed by atoms with Crippen molar-refractivity contribution in [3.63, 3.8) is 0 Å². The van der Waals surface area contributed by atoms with E-state index in [4.69, 9.17) is 15.2 Å². The van der Waals surface area contributed by atoms with Crippen LogP contribution in [0.3, 0.4) is 0 Å². The average molecular weight is 297 g/mol. The maximum atomic E-state index is 13.2. The lowest BCUT2D eigenvalue weighted by Gasteiger charge is -2.22. The highest BCUT2D eigenvalue weighted by atomic mass is 19.1. The third-order valence-electron chi connectivity index (χ3n) is 2.58. The number of nitrogens with two attached hydrogens (primary N) is 1. The highest BCUT2D eigenvalue weighted by Gasteiger charge is 2.25. The minimum Gasteiger partial charge on any atom is -0.496 e. The van der Waals surface area contributed by atoms with Crippen LogP contribution in [-0.4, -0.2) is 30.5 Å². The van der Waals surface area contributed by atoms with Crippen LogP contribution in [0, 0.1) is 5.82 Å². The van der Waals surface area contributed by atoms with E-state index in [1.54, 1.807) is 20.8 Å². The summed E-state index contributed by atoms with van der Waals surface area (Å²) in [5.74, 6) is -1.49. The molecule has 0 spiro atoms. The van der Waals surface area contributed by atoms with Crippen molar-refractivity contribution in [1.82, 2.24) is 0 Å². The van der Waals surface area contributed by atoms with E-state index >= 15 is 0 Å². The number of methoxy groups -OCH3 is 1. The van der Waals surface area contributed by atoms with Gasteiger partial charge in [0, 0.05) is 6.42 Å². The van der Waals surface area contributed by atoms with Crippen LogP contribution in [0.1, 0.15) is 37.6 Å². The molecule has 6 heteroatoms. The maximum absolute atomic E-state index is 13.2. The quantitative estimate of drug-likeness (QED) is 0.665. The van der Waals surface area contributed by atoms with Crippen LogP contribution < -0.4 is 10.5 Å². The monoisotopic (exact) mass is 297 g/mol. The van der Waals surface area contributed by atoms with Gasteiger partial charge in [0.25, 0.3) is 0 Å². The smallest absolute Gasteiger partial charge is 0.323 e. The second-order valence-corrected chi connectivity index (χ2v) is 5.61. The number of halogens is 1. The van der Waals surface area contributed by atoms with E-state index in [1.165, 1.54) is 19.2 Å². The first kappa shape index (κ1) is 17.1. The number of rotatable bonds is 5. The van der Waals surface area contributed by atoms with Crippen molar-refractivity contribution in [3.8, 4) is 5.75 Å². The molecule has 0 aromatic heterocycles. The van der Waals surface area contributed by atoms with Crippen LogP contribution in [0.2, 0.25) is 0 Å². The van der Waals surface area contributed by atoms with E-state index in [0.29, 0.717) is 0 Å². The molecule has 0 fully saturated rings. The summed E-state index contributed by atoms with van der Waals surface area (Å²) in [6, 6.07) is 2.48. The molecule has 0 bridgehead atoms. The molecule has 0 saturated heterocycles. The van der Waals surface area contributed by atoms with Crippen LogP contribution >= 0.6 is 0 Å². The molecule has 0 heterocycles. The van der Waals surface area contributed by atoms with E-state index in [-0.39, 0.29) is 17.7 Å². The first-order valence-corrected chi connectivity index (χ1v) is 6.49. The molecule has 1 unspecified atom stereocenters. The van der Waals surface area contributed by atoms with Gasteiger partial charge in [-0.05, 0) is 39.0 Å². The molecule has 0 radical (unpaired) electrons. The van der Waals surface area contributed by atoms with Gasteiger partial charge in [-0.15, -0.1) is 0 Å². The summed E-state index contributed by atoms with van der Waals surface area (Å²) in [5, 5.41) is 0. The molecule has 116 valence electrons.